The normalized spacial score (nSPS) is 11.9. The van der Waals surface area contributed by atoms with Crippen LogP contribution in [0.2, 0.25) is 0 Å². The molecule has 4 heteroatoms. The molecule has 0 saturated heterocycles. The Labute approximate surface area is 102 Å². The highest BCUT2D eigenvalue weighted by atomic mass is 16.5. The van der Waals surface area contributed by atoms with Crippen molar-refractivity contribution >= 4 is 5.97 Å². The summed E-state index contributed by atoms with van der Waals surface area (Å²) in [6.45, 7) is 4.74. The number of ether oxygens (including phenoxy) is 2. The number of rotatable bonds is 6. The molecule has 1 rings (SSSR count). The third kappa shape index (κ3) is 3.75. The van der Waals surface area contributed by atoms with E-state index in [0.717, 1.165) is 11.3 Å². The predicted molar refractivity (Wildman–Crippen MR) is 66.0 cm³/mol. The quantitative estimate of drug-likeness (QED) is 0.768. The second-order valence-corrected chi connectivity index (χ2v) is 3.48. The Kier molecular flexibility index (Phi) is 5.49. The maximum Gasteiger partial charge on any atom is 0.327 e. The van der Waals surface area contributed by atoms with Crippen molar-refractivity contribution in [3.63, 3.8) is 0 Å². The van der Waals surface area contributed by atoms with Crippen molar-refractivity contribution in [2.45, 2.75) is 19.9 Å². The molecule has 0 aliphatic carbocycles. The molecule has 1 N–H and O–H groups in total. The second-order valence-electron chi connectivity index (χ2n) is 3.48. The number of likely N-dealkylation sites (N-methyl/N-ethyl adjacent to an activating group) is 1. The van der Waals surface area contributed by atoms with Crippen molar-refractivity contribution in [1.29, 1.82) is 0 Å². The average molecular weight is 237 g/mol. The fraction of sp³-hybridized carbons (Fsp3) is 0.462. The number of benzene rings is 1. The van der Waals surface area contributed by atoms with Crippen molar-refractivity contribution in [2.75, 3.05) is 20.3 Å². The highest BCUT2D eigenvalue weighted by Crippen LogP contribution is 2.18. The van der Waals surface area contributed by atoms with Gasteiger partial charge in [0.25, 0.3) is 0 Å². The van der Waals surface area contributed by atoms with Gasteiger partial charge in [-0.05, 0) is 38.6 Å². The number of hydrogen-bond acceptors (Lipinski definition) is 4. The molecule has 1 aromatic carbocycles. The summed E-state index contributed by atoms with van der Waals surface area (Å²) >= 11 is 0. The van der Waals surface area contributed by atoms with E-state index in [2.05, 4.69) is 5.32 Å². The van der Waals surface area contributed by atoms with Crippen LogP contribution in [0.1, 0.15) is 25.5 Å². The molecular formula is C13H19NO3. The van der Waals surface area contributed by atoms with E-state index in [1.807, 2.05) is 31.2 Å². The van der Waals surface area contributed by atoms with E-state index in [1.54, 1.807) is 14.0 Å². The first kappa shape index (κ1) is 13.5. The second kappa shape index (κ2) is 6.91. The van der Waals surface area contributed by atoms with Crippen LogP contribution in [0.5, 0.6) is 5.75 Å². The van der Waals surface area contributed by atoms with Gasteiger partial charge in [-0.2, -0.15) is 0 Å². The van der Waals surface area contributed by atoms with E-state index in [4.69, 9.17) is 9.47 Å². The Morgan fingerprint density at radius 3 is 2.35 bits per heavy atom. The van der Waals surface area contributed by atoms with Gasteiger partial charge in [0.05, 0.1) is 13.2 Å². The number of carbonyl (C=O) groups is 1. The largest absolute Gasteiger partial charge is 0.494 e. The van der Waals surface area contributed by atoms with Gasteiger partial charge in [0.1, 0.15) is 11.8 Å². The molecular weight excluding hydrogens is 218 g/mol. The molecule has 0 spiro atoms. The van der Waals surface area contributed by atoms with Crippen LogP contribution in [0.4, 0.5) is 0 Å². The number of carbonyl (C=O) groups excluding carboxylic acids is 1. The minimum Gasteiger partial charge on any atom is -0.494 e. The lowest BCUT2D eigenvalue weighted by Gasteiger charge is -2.15. The molecule has 0 aliphatic rings. The Bertz CT molecular complexity index is 348. The fourth-order valence-corrected chi connectivity index (χ4v) is 1.57. The smallest absolute Gasteiger partial charge is 0.327 e. The van der Waals surface area contributed by atoms with Gasteiger partial charge in [-0.25, -0.2) is 4.79 Å². The van der Waals surface area contributed by atoms with Gasteiger partial charge in [0.15, 0.2) is 0 Å². The summed E-state index contributed by atoms with van der Waals surface area (Å²) in [6.07, 6.45) is 0. The van der Waals surface area contributed by atoms with Crippen LogP contribution in [0.15, 0.2) is 24.3 Å². The first-order chi connectivity index (χ1) is 8.22. The van der Waals surface area contributed by atoms with Crippen LogP contribution < -0.4 is 10.1 Å². The summed E-state index contributed by atoms with van der Waals surface area (Å²) in [6, 6.07) is 7.00. The third-order valence-electron chi connectivity index (χ3n) is 2.34. The molecule has 0 heterocycles. The van der Waals surface area contributed by atoms with Gasteiger partial charge in [0, 0.05) is 0 Å². The molecule has 1 atom stereocenters. The standard InChI is InChI=1S/C13H19NO3/c1-4-16-11-8-6-10(7-9-11)12(14-3)13(15)17-5-2/h6-9,12,14H,4-5H2,1-3H3. The van der Waals surface area contributed by atoms with Crippen molar-refractivity contribution in [3.8, 4) is 5.75 Å². The molecule has 0 bridgehead atoms. The zero-order chi connectivity index (χ0) is 12.7. The molecule has 94 valence electrons. The van der Waals surface area contributed by atoms with Crippen LogP contribution in [0.25, 0.3) is 0 Å². The average Bonchev–Trinajstić information content (AvgIpc) is 2.33. The Balaban J connectivity index is 2.78. The van der Waals surface area contributed by atoms with E-state index < -0.39 is 6.04 Å². The monoisotopic (exact) mass is 237 g/mol. The molecule has 0 radical (unpaired) electrons. The van der Waals surface area contributed by atoms with Crippen LogP contribution in [0, 0.1) is 0 Å². The van der Waals surface area contributed by atoms with Gasteiger partial charge in [0.2, 0.25) is 0 Å². The number of esters is 1. The van der Waals surface area contributed by atoms with Crippen LogP contribution in [-0.2, 0) is 9.53 Å². The lowest BCUT2D eigenvalue weighted by molar-refractivity contribution is -0.145. The van der Waals surface area contributed by atoms with Crippen LogP contribution in [-0.4, -0.2) is 26.2 Å². The number of nitrogens with one attached hydrogen (secondary N) is 1. The molecule has 0 aromatic heterocycles. The molecule has 0 fully saturated rings. The van der Waals surface area contributed by atoms with Crippen molar-refractivity contribution in [3.05, 3.63) is 29.8 Å². The first-order valence-electron chi connectivity index (χ1n) is 5.79. The summed E-state index contributed by atoms with van der Waals surface area (Å²) in [5.74, 6) is 0.536. The van der Waals surface area contributed by atoms with Crippen molar-refractivity contribution in [2.24, 2.45) is 0 Å². The highest BCUT2D eigenvalue weighted by molar-refractivity contribution is 5.77. The Hall–Kier alpha value is -1.55. The van der Waals surface area contributed by atoms with E-state index >= 15 is 0 Å². The maximum absolute atomic E-state index is 11.7. The summed E-state index contributed by atoms with van der Waals surface area (Å²) in [4.78, 5) is 11.7. The summed E-state index contributed by atoms with van der Waals surface area (Å²) in [5, 5.41) is 2.94. The van der Waals surface area contributed by atoms with Crippen LogP contribution in [0.3, 0.4) is 0 Å². The SMILES string of the molecule is CCOC(=O)C(NC)c1ccc(OCC)cc1. The lowest BCUT2D eigenvalue weighted by atomic mass is 10.1. The van der Waals surface area contributed by atoms with Crippen molar-refractivity contribution < 1.29 is 14.3 Å². The van der Waals surface area contributed by atoms with Gasteiger partial charge in [-0.3, -0.25) is 0 Å². The molecule has 1 aromatic rings. The summed E-state index contributed by atoms with van der Waals surface area (Å²) < 4.78 is 10.3. The highest BCUT2D eigenvalue weighted by Gasteiger charge is 2.19. The molecule has 0 aliphatic heterocycles. The molecule has 0 saturated carbocycles. The minimum absolute atomic E-state index is 0.265. The zero-order valence-electron chi connectivity index (χ0n) is 10.5. The topological polar surface area (TPSA) is 47.6 Å². The molecule has 1 unspecified atom stereocenters. The molecule has 0 amide bonds. The Morgan fingerprint density at radius 1 is 1.24 bits per heavy atom. The van der Waals surface area contributed by atoms with E-state index in [0.29, 0.717) is 13.2 Å². The van der Waals surface area contributed by atoms with Gasteiger partial charge in [-0.15, -0.1) is 0 Å². The van der Waals surface area contributed by atoms with E-state index in [-0.39, 0.29) is 5.97 Å². The van der Waals surface area contributed by atoms with Crippen LogP contribution >= 0.6 is 0 Å². The van der Waals surface area contributed by atoms with Crippen molar-refractivity contribution in [1.82, 2.24) is 5.32 Å². The first-order valence-corrected chi connectivity index (χ1v) is 5.79. The third-order valence-corrected chi connectivity index (χ3v) is 2.34. The lowest BCUT2D eigenvalue weighted by Crippen LogP contribution is -2.27. The van der Waals surface area contributed by atoms with E-state index in [9.17, 15) is 4.79 Å². The van der Waals surface area contributed by atoms with Gasteiger partial charge < -0.3 is 14.8 Å². The Morgan fingerprint density at radius 2 is 1.88 bits per heavy atom. The molecule has 17 heavy (non-hydrogen) atoms. The zero-order valence-corrected chi connectivity index (χ0v) is 10.5. The summed E-state index contributed by atoms with van der Waals surface area (Å²) in [7, 11) is 1.73. The predicted octanol–water partition coefficient (Wildman–Crippen LogP) is 1.91. The van der Waals surface area contributed by atoms with E-state index in [1.165, 1.54) is 0 Å². The molecule has 4 nitrogen and oxygen atoms in total. The van der Waals surface area contributed by atoms with Gasteiger partial charge >= 0.3 is 5.97 Å². The van der Waals surface area contributed by atoms with Gasteiger partial charge in [-0.1, -0.05) is 12.1 Å². The fourth-order valence-electron chi connectivity index (χ4n) is 1.57. The number of hydrogen-bond donors (Lipinski definition) is 1. The minimum atomic E-state index is -0.425. The maximum atomic E-state index is 11.7. The summed E-state index contributed by atoms with van der Waals surface area (Å²) in [5.41, 5.74) is 0.870.